The maximum absolute atomic E-state index is 12.8. The van der Waals surface area contributed by atoms with Crippen molar-refractivity contribution in [2.75, 3.05) is 20.8 Å². The molecule has 0 radical (unpaired) electrons. The number of nitrogens with zero attached hydrogens (tertiary/aromatic N) is 1. The highest BCUT2D eigenvalue weighted by Gasteiger charge is 2.23. The molecule has 0 aliphatic rings. The van der Waals surface area contributed by atoms with Crippen LogP contribution in [0.3, 0.4) is 0 Å². The van der Waals surface area contributed by atoms with E-state index in [1.807, 2.05) is 0 Å². The van der Waals surface area contributed by atoms with E-state index in [1.165, 1.54) is 19.1 Å². The summed E-state index contributed by atoms with van der Waals surface area (Å²) < 4.78 is 15.8. The molecule has 25 heavy (non-hydrogen) atoms. The zero-order chi connectivity index (χ0) is 18.6. The lowest BCUT2D eigenvalue weighted by Gasteiger charge is -2.21. The Labute approximate surface area is 145 Å². The van der Waals surface area contributed by atoms with Crippen molar-refractivity contribution in [1.82, 2.24) is 4.90 Å². The Morgan fingerprint density at radius 1 is 1.08 bits per heavy atom. The number of rotatable bonds is 7. The number of furan rings is 1. The predicted molar refractivity (Wildman–Crippen MR) is 90.1 cm³/mol. The lowest BCUT2D eigenvalue weighted by molar-refractivity contribution is -0.137. The van der Waals surface area contributed by atoms with Gasteiger partial charge in [0.1, 0.15) is 29.6 Å². The van der Waals surface area contributed by atoms with Gasteiger partial charge in [0, 0.05) is 12.6 Å². The Hall–Kier alpha value is -2.96. The first-order valence-electron chi connectivity index (χ1n) is 7.64. The van der Waals surface area contributed by atoms with Gasteiger partial charge in [-0.1, -0.05) is 0 Å². The molecule has 0 saturated heterocycles. The first-order valence-corrected chi connectivity index (χ1v) is 7.64. The summed E-state index contributed by atoms with van der Waals surface area (Å²) in [5.74, 6) is 0.680. The van der Waals surface area contributed by atoms with Crippen molar-refractivity contribution in [1.29, 1.82) is 0 Å². The Kier molecular flexibility index (Phi) is 5.69. The second kappa shape index (κ2) is 7.74. The van der Waals surface area contributed by atoms with E-state index in [4.69, 9.17) is 19.0 Å². The molecule has 7 heteroatoms. The summed E-state index contributed by atoms with van der Waals surface area (Å²) in [6.45, 7) is 3.08. The van der Waals surface area contributed by atoms with E-state index in [2.05, 4.69) is 0 Å². The van der Waals surface area contributed by atoms with Gasteiger partial charge in [0.15, 0.2) is 0 Å². The molecule has 0 bridgehead atoms. The second-order valence-electron chi connectivity index (χ2n) is 5.60. The second-order valence-corrected chi connectivity index (χ2v) is 5.60. The summed E-state index contributed by atoms with van der Waals surface area (Å²) >= 11 is 0. The zero-order valence-corrected chi connectivity index (χ0v) is 14.7. The summed E-state index contributed by atoms with van der Waals surface area (Å²) in [7, 11) is 3.05. The lowest BCUT2D eigenvalue weighted by Crippen LogP contribution is -2.35. The normalized spacial score (nSPS) is 10.4. The average molecular weight is 347 g/mol. The van der Waals surface area contributed by atoms with Gasteiger partial charge in [-0.2, -0.15) is 0 Å². The minimum absolute atomic E-state index is 0.0996. The summed E-state index contributed by atoms with van der Waals surface area (Å²) in [5, 5.41) is 9.17. The fourth-order valence-corrected chi connectivity index (χ4v) is 2.55. The van der Waals surface area contributed by atoms with Crippen LogP contribution in [0.15, 0.2) is 28.7 Å². The molecule has 0 aliphatic heterocycles. The molecule has 2 aromatic rings. The van der Waals surface area contributed by atoms with Gasteiger partial charge in [0.2, 0.25) is 0 Å². The van der Waals surface area contributed by atoms with E-state index in [0.29, 0.717) is 34.1 Å². The quantitative estimate of drug-likeness (QED) is 0.828. The molecule has 2 rings (SSSR count). The van der Waals surface area contributed by atoms with Crippen LogP contribution in [0.5, 0.6) is 11.5 Å². The third-order valence-corrected chi connectivity index (χ3v) is 3.67. The molecule has 1 N–H and O–H groups in total. The predicted octanol–water partition coefficient (Wildman–Crippen LogP) is 2.64. The molecule has 0 atom stereocenters. The molecular weight excluding hydrogens is 326 g/mol. The van der Waals surface area contributed by atoms with E-state index >= 15 is 0 Å². The monoisotopic (exact) mass is 347 g/mol. The van der Waals surface area contributed by atoms with Crippen LogP contribution >= 0.6 is 0 Å². The average Bonchev–Trinajstić information content (AvgIpc) is 2.91. The molecule has 1 aromatic carbocycles. The molecule has 0 aliphatic carbocycles. The van der Waals surface area contributed by atoms with Crippen molar-refractivity contribution >= 4 is 11.9 Å². The van der Waals surface area contributed by atoms with Crippen LogP contribution in [0.1, 0.15) is 27.4 Å². The van der Waals surface area contributed by atoms with Gasteiger partial charge in [-0.05, 0) is 37.6 Å². The molecule has 134 valence electrons. The van der Waals surface area contributed by atoms with Gasteiger partial charge in [-0.25, -0.2) is 0 Å². The number of ether oxygens (including phenoxy) is 2. The van der Waals surface area contributed by atoms with Crippen LogP contribution in [0.4, 0.5) is 0 Å². The van der Waals surface area contributed by atoms with Crippen LogP contribution in [0, 0.1) is 13.8 Å². The van der Waals surface area contributed by atoms with Crippen molar-refractivity contribution in [3.8, 4) is 11.5 Å². The van der Waals surface area contributed by atoms with E-state index in [-0.39, 0.29) is 6.54 Å². The fourth-order valence-electron chi connectivity index (χ4n) is 2.55. The number of benzene rings is 1. The highest BCUT2D eigenvalue weighted by Crippen LogP contribution is 2.24. The van der Waals surface area contributed by atoms with Gasteiger partial charge >= 0.3 is 5.97 Å². The number of amides is 1. The number of carboxylic acid groups (broad SMARTS) is 1. The molecule has 1 heterocycles. The van der Waals surface area contributed by atoms with E-state index in [0.717, 1.165) is 0 Å². The smallest absolute Gasteiger partial charge is 0.323 e. The Balaban J connectivity index is 2.33. The van der Waals surface area contributed by atoms with Crippen molar-refractivity contribution < 1.29 is 28.6 Å². The molecule has 1 aromatic heterocycles. The molecule has 1 amide bonds. The number of carbonyl (C=O) groups excluding carboxylic acids is 1. The number of methoxy groups -OCH3 is 2. The van der Waals surface area contributed by atoms with Crippen molar-refractivity contribution in [2.45, 2.75) is 20.4 Å². The SMILES string of the molecule is COc1cc(CN(CC(=O)O)C(=O)c2cc(C)oc2C)cc(OC)c1. The minimum Gasteiger partial charge on any atom is -0.497 e. The largest absolute Gasteiger partial charge is 0.497 e. The fraction of sp³-hybridized carbons (Fsp3) is 0.333. The number of aryl methyl sites for hydroxylation is 2. The maximum Gasteiger partial charge on any atom is 0.323 e. The molecule has 0 spiro atoms. The molecular formula is C18H21NO6. The van der Waals surface area contributed by atoms with E-state index in [1.54, 1.807) is 38.1 Å². The van der Waals surface area contributed by atoms with Gasteiger partial charge in [0.05, 0.1) is 19.8 Å². The Morgan fingerprint density at radius 2 is 1.68 bits per heavy atom. The number of carbonyl (C=O) groups is 2. The molecule has 0 fully saturated rings. The third-order valence-electron chi connectivity index (χ3n) is 3.67. The van der Waals surface area contributed by atoms with Crippen molar-refractivity contribution in [3.05, 3.63) is 46.9 Å². The standard InChI is InChI=1S/C18H21NO6/c1-11-5-16(12(2)25-11)18(22)19(10-17(20)21)9-13-6-14(23-3)8-15(7-13)24-4/h5-8H,9-10H2,1-4H3,(H,20,21). The highest BCUT2D eigenvalue weighted by atomic mass is 16.5. The van der Waals surface area contributed by atoms with Gasteiger partial charge < -0.3 is 23.9 Å². The van der Waals surface area contributed by atoms with E-state index < -0.39 is 18.4 Å². The van der Waals surface area contributed by atoms with Gasteiger partial charge in [-0.3, -0.25) is 9.59 Å². The van der Waals surface area contributed by atoms with E-state index in [9.17, 15) is 9.59 Å². The Morgan fingerprint density at radius 3 is 2.12 bits per heavy atom. The Bertz CT molecular complexity index is 758. The molecule has 7 nitrogen and oxygen atoms in total. The van der Waals surface area contributed by atoms with Crippen molar-refractivity contribution in [3.63, 3.8) is 0 Å². The number of hydrogen-bond acceptors (Lipinski definition) is 5. The summed E-state index contributed by atoms with van der Waals surface area (Å²) in [5.41, 5.74) is 1.05. The number of carboxylic acids is 1. The number of hydrogen-bond donors (Lipinski definition) is 1. The first kappa shape index (κ1) is 18.4. The lowest BCUT2D eigenvalue weighted by atomic mass is 10.1. The summed E-state index contributed by atoms with van der Waals surface area (Å²) in [4.78, 5) is 25.2. The third kappa shape index (κ3) is 4.53. The van der Waals surface area contributed by atoms with Crippen LogP contribution in [0.2, 0.25) is 0 Å². The minimum atomic E-state index is -1.10. The highest BCUT2D eigenvalue weighted by molar-refractivity contribution is 5.96. The molecule has 0 unspecified atom stereocenters. The summed E-state index contributed by atoms with van der Waals surface area (Å²) in [6, 6.07) is 6.78. The topological polar surface area (TPSA) is 89.2 Å². The van der Waals surface area contributed by atoms with Gasteiger partial charge in [-0.15, -0.1) is 0 Å². The zero-order valence-electron chi connectivity index (χ0n) is 14.7. The number of aliphatic carboxylic acids is 1. The summed E-state index contributed by atoms with van der Waals surface area (Å²) in [6.07, 6.45) is 0. The van der Waals surface area contributed by atoms with Gasteiger partial charge in [0.25, 0.3) is 5.91 Å². The van der Waals surface area contributed by atoms with Crippen LogP contribution in [-0.2, 0) is 11.3 Å². The molecule has 0 saturated carbocycles. The van der Waals surface area contributed by atoms with Crippen LogP contribution in [0.25, 0.3) is 0 Å². The van der Waals surface area contributed by atoms with Crippen LogP contribution < -0.4 is 9.47 Å². The van der Waals surface area contributed by atoms with Crippen LogP contribution in [-0.4, -0.2) is 42.6 Å². The first-order chi connectivity index (χ1) is 11.8. The maximum atomic E-state index is 12.8. The van der Waals surface area contributed by atoms with Crippen molar-refractivity contribution in [2.24, 2.45) is 0 Å².